The van der Waals surface area contributed by atoms with Crippen LogP contribution in [0.25, 0.3) is 0 Å². The van der Waals surface area contributed by atoms with Crippen LogP contribution in [0.5, 0.6) is 5.75 Å². The van der Waals surface area contributed by atoms with Crippen LogP contribution >= 0.6 is 0 Å². The van der Waals surface area contributed by atoms with Gasteiger partial charge in [-0.15, -0.1) is 0 Å². The molecule has 7 heteroatoms. The third-order valence-electron chi connectivity index (χ3n) is 7.31. The van der Waals surface area contributed by atoms with Gasteiger partial charge in [-0.25, -0.2) is 0 Å². The molecule has 2 fully saturated rings. The summed E-state index contributed by atoms with van der Waals surface area (Å²) in [5.41, 5.74) is 2.10. The Morgan fingerprint density at radius 1 is 0.970 bits per heavy atom. The fourth-order valence-electron chi connectivity index (χ4n) is 5.49. The van der Waals surface area contributed by atoms with E-state index in [-0.39, 0.29) is 11.8 Å². The van der Waals surface area contributed by atoms with Crippen LogP contribution in [0, 0.1) is 0 Å². The van der Waals surface area contributed by atoms with E-state index in [0.717, 1.165) is 75.5 Å². The molecule has 1 aliphatic carbocycles. The summed E-state index contributed by atoms with van der Waals surface area (Å²) in [6.07, 6.45) is 3.41. The SMILES string of the molecule is COc1ccc(CN2CCN(CC(=O)N3c4ccccc4NC(=O)C34CCCC4)CC2)cc1. The van der Waals surface area contributed by atoms with Gasteiger partial charge < -0.3 is 10.1 Å². The second-order valence-corrected chi connectivity index (χ2v) is 9.34. The maximum absolute atomic E-state index is 13.6. The monoisotopic (exact) mass is 448 g/mol. The number of nitrogens with zero attached hydrogens (tertiary/aromatic N) is 3. The minimum Gasteiger partial charge on any atom is -0.497 e. The van der Waals surface area contributed by atoms with Gasteiger partial charge in [0, 0.05) is 32.7 Å². The maximum Gasteiger partial charge on any atom is 0.250 e. The second-order valence-electron chi connectivity index (χ2n) is 9.34. The summed E-state index contributed by atoms with van der Waals surface area (Å²) in [6.45, 7) is 4.77. The number of amides is 2. The van der Waals surface area contributed by atoms with Crippen molar-refractivity contribution < 1.29 is 14.3 Å². The Hall–Kier alpha value is -2.90. The molecule has 0 bridgehead atoms. The molecule has 1 N–H and O–H groups in total. The number of hydrogen-bond acceptors (Lipinski definition) is 5. The molecule has 1 saturated carbocycles. The molecule has 1 spiro atoms. The molecule has 1 saturated heterocycles. The number of methoxy groups -OCH3 is 1. The number of para-hydroxylation sites is 2. The number of carbonyl (C=O) groups is 2. The molecule has 33 heavy (non-hydrogen) atoms. The van der Waals surface area contributed by atoms with Crippen LogP contribution in [-0.2, 0) is 16.1 Å². The van der Waals surface area contributed by atoms with E-state index in [2.05, 4.69) is 27.2 Å². The summed E-state index contributed by atoms with van der Waals surface area (Å²) < 4.78 is 5.24. The topological polar surface area (TPSA) is 65.1 Å². The van der Waals surface area contributed by atoms with Gasteiger partial charge in [0.1, 0.15) is 11.3 Å². The Morgan fingerprint density at radius 2 is 1.64 bits per heavy atom. The van der Waals surface area contributed by atoms with Crippen molar-refractivity contribution in [2.45, 2.75) is 37.8 Å². The zero-order valence-corrected chi connectivity index (χ0v) is 19.3. The summed E-state index contributed by atoms with van der Waals surface area (Å²) in [6, 6.07) is 15.9. The van der Waals surface area contributed by atoms with Crippen molar-refractivity contribution in [1.82, 2.24) is 9.80 Å². The van der Waals surface area contributed by atoms with Crippen LogP contribution < -0.4 is 15.0 Å². The number of anilines is 2. The highest BCUT2D eigenvalue weighted by atomic mass is 16.5. The molecule has 3 aliphatic rings. The first kappa shape index (κ1) is 21.9. The van der Waals surface area contributed by atoms with E-state index in [9.17, 15) is 9.59 Å². The molecule has 2 aromatic carbocycles. The third-order valence-corrected chi connectivity index (χ3v) is 7.31. The van der Waals surface area contributed by atoms with Crippen molar-refractivity contribution in [1.29, 1.82) is 0 Å². The first-order chi connectivity index (χ1) is 16.1. The predicted molar refractivity (Wildman–Crippen MR) is 128 cm³/mol. The Labute approximate surface area is 195 Å². The summed E-state index contributed by atoms with van der Waals surface area (Å²) >= 11 is 0. The molecule has 0 unspecified atom stereocenters. The lowest BCUT2D eigenvalue weighted by Gasteiger charge is -2.45. The lowest BCUT2D eigenvalue weighted by molar-refractivity contribution is -0.128. The lowest BCUT2D eigenvalue weighted by Crippen LogP contribution is -2.62. The highest BCUT2D eigenvalue weighted by Crippen LogP contribution is 2.45. The smallest absolute Gasteiger partial charge is 0.250 e. The van der Waals surface area contributed by atoms with Crippen molar-refractivity contribution in [2.75, 3.05) is 50.1 Å². The second kappa shape index (κ2) is 9.15. The van der Waals surface area contributed by atoms with E-state index in [1.807, 2.05) is 41.3 Å². The number of hydrogen-bond donors (Lipinski definition) is 1. The Morgan fingerprint density at radius 3 is 2.33 bits per heavy atom. The predicted octanol–water partition coefficient (Wildman–Crippen LogP) is 3.11. The molecular formula is C26H32N4O3. The van der Waals surface area contributed by atoms with Crippen molar-refractivity contribution in [3.05, 3.63) is 54.1 Å². The van der Waals surface area contributed by atoms with Crippen LogP contribution in [0.2, 0.25) is 0 Å². The molecular weight excluding hydrogens is 416 g/mol. The van der Waals surface area contributed by atoms with Gasteiger partial charge in [0.05, 0.1) is 25.0 Å². The molecule has 2 heterocycles. The van der Waals surface area contributed by atoms with Crippen molar-refractivity contribution in [3.8, 4) is 5.75 Å². The van der Waals surface area contributed by atoms with Crippen molar-refractivity contribution in [2.24, 2.45) is 0 Å². The molecule has 0 radical (unpaired) electrons. The molecule has 174 valence electrons. The molecule has 2 aromatic rings. The minimum absolute atomic E-state index is 0.0304. The van der Waals surface area contributed by atoms with Crippen LogP contribution in [-0.4, -0.2) is 67.0 Å². The number of ether oxygens (including phenoxy) is 1. The van der Waals surface area contributed by atoms with E-state index < -0.39 is 5.54 Å². The largest absolute Gasteiger partial charge is 0.497 e. The zero-order chi connectivity index (χ0) is 22.8. The average Bonchev–Trinajstić information content (AvgIpc) is 3.32. The van der Waals surface area contributed by atoms with E-state index in [1.165, 1.54) is 5.56 Å². The maximum atomic E-state index is 13.6. The average molecular weight is 449 g/mol. The van der Waals surface area contributed by atoms with Crippen molar-refractivity contribution >= 4 is 23.2 Å². The number of rotatable bonds is 5. The highest BCUT2D eigenvalue weighted by molar-refractivity contribution is 6.15. The Balaban J connectivity index is 1.24. The Kier molecular flexibility index (Phi) is 6.08. The van der Waals surface area contributed by atoms with Crippen LogP contribution in [0.15, 0.2) is 48.5 Å². The Bertz CT molecular complexity index is 1010. The molecule has 2 aliphatic heterocycles. The molecule has 5 rings (SSSR count). The van der Waals surface area contributed by atoms with Crippen LogP contribution in [0.3, 0.4) is 0 Å². The number of carbonyl (C=O) groups excluding carboxylic acids is 2. The summed E-state index contributed by atoms with van der Waals surface area (Å²) in [5, 5.41) is 3.06. The van der Waals surface area contributed by atoms with Crippen molar-refractivity contribution in [3.63, 3.8) is 0 Å². The third kappa shape index (κ3) is 4.23. The molecule has 0 atom stereocenters. The van der Waals surface area contributed by atoms with Crippen LogP contribution in [0.4, 0.5) is 11.4 Å². The van der Waals surface area contributed by atoms with E-state index in [0.29, 0.717) is 6.54 Å². The zero-order valence-electron chi connectivity index (χ0n) is 19.3. The first-order valence-corrected chi connectivity index (χ1v) is 11.9. The number of nitrogens with one attached hydrogen (secondary N) is 1. The summed E-state index contributed by atoms with van der Waals surface area (Å²) in [4.78, 5) is 33.2. The fourth-order valence-corrected chi connectivity index (χ4v) is 5.49. The number of piperazine rings is 1. The molecule has 0 aromatic heterocycles. The molecule has 2 amide bonds. The van der Waals surface area contributed by atoms with Gasteiger partial charge in [0.2, 0.25) is 5.91 Å². The lowest BCUT2D eigenvalue weighted by atomic mass is 9.89. The van der Waals surface area contributed by atoms with Gasteiger partial charge in [0.25, 0.3) is 5.91 Å². The van der Waals surface area contributed by atoms with Gasteiger partial charge >= 0.3 is 0 Å². The van der Waals surface area contributed by atoms with Gasteiger partial charge in [-0.3, -0.25) is 24.3 Å². The van der Waals surface area contributed by atoms with E-state index >= 15 is 0 Å². The fraction of sp³-hybridized carbons (Fsp3) is 0.462. The first-order valence-electron chi connectivity index (χ1n) is 11.9. The molecule has 7 nitrogen and oxygen atoms in total. The van der Waals surface area contributed by atoms with E-state index in [4.69, 9.17) is 4.74 Å². The summed E-state index contributed by atoms with van der Waals surface area (Å²) in [7, 11) is 1.68. The number of benzene rings is 2. The van der Waals surface area contributed by atoms with E-state index in [1.54, 1.807) is 7.11 Å². The quantitative estimate of drug-likeness (QED) is 0.762. The highest BCUT2D eigenvalue weighted by Gasteiger charge is 2.52. The summed E-state index contributed by atoms with van der Waals surface area (Å²) in [5.74, 6) is 0.870. The van der Waals surface area contributed by atoms with Gasteiger partial charge in [-0.05, 0) is 42.7 Å². The van der Waals surface area contributed by atoms with Gasteiger partial charge in [-0.2, -0.15) is 0 Å². The van der Waals surface area contributed by atoms with Crippen LogP contribution in [0.1, 0.15) is 31.2 Å². The standard InChI is InChI=1S/C26H32N4O3/c1-33-21-10-8-20(9-11-21)18-28-14-16-29(17-15-28)19-24(31)30-23-7-3-2-6-22(23)27-25(32)26(30)12-4-5-13-26/h2-3,6-11H,4-5,12-19H2,1H3,(H,27,32). The number of fused-ring (bicyclic) bond motifs is 1. The normalized spacial score (nSPS) is 20.5. The van der Waals surface area contributed by atoms with Gasteiger partial charge in [-0.1, -0.05) is 37.1 Å². The van der Waals surface area contributed by atoms with Gasteiger partial charge in [0.15, 0.2) is 0 Å². The minimum atomic E-state index is -0.734.